The molecule has 18 heavy (non-hydrogen) atoms. The predicted molar refractivity (Wildman–Crippen MR) is 66.3 cm³/mol. The first kappa shape index (κ1) is 14.0. The number of methoxy groups -OCH3 is 2. The molecule has 0 aliphatic rings. The van der Waals surface area contributed by atoms with Crippen LogP contribution in [0.15, 0.2) is 24.3 Å². The first-order valence-corrected chi connectivity index (χ1v) is 5.57. The molecule has 1 aromatic carbocycles. The molecule has 1 aromatic rings. The summed E-state index contributed by atoms with van der Waals surface area (Å²) in [5.74, 6) is 0.0539. The van der Waals surface area contributed by atoms with Crippen LogP contribution in [0.1, 0.15) is 12.5 Å². The quantitative estimate of drug-likeness (QED) is 0.790. The van der Waals surface area contributed by atoms with Crippen LogP contribution in [0, 0.1) is 0 Å². The Labute approximate surface area is 106 Å². The smallest absolute Gasteiger partial charge is 0.328 e. The second-order valence-electron chi connectivity index (χ2n) is 3.84. The fourth-order valence-electron chi connectivity index (χ4n) is 1.46. The number of amides is 1. The first-order valence-electron chi connectivity index (χ1n) is 5.57. The molecule has 0 saturated heterocycles. The molecule has 0 aromatic heterocycles. The molecule has 0 spiro atoms. The number of benzene rings is 1. The molecule has 0 bridgehead atoms. The summed E-state index contributed by atoms with van der Waals surface area (Å²) in [5, 5.41) is 2.56. The molecule has 1 atom stereocenters. The zero-order valence-corrected chi connectivity index (χ0v) is 10.7. The fraction of sp³-hybridized carbons (Fsp3) is 0.385. The Kier molecular flexibility index (Phi) is 5.17. The van der Waals surface area contributed by atoms with Crippen molar-refractivity contribution in [3.8, 4) is 5.75 Å². The standard InChI is InChI=1S/C13H17NO4/c1-9(13(16)18-3)14-12(15)8-10-4-6-11(17-2)7-5-10/h4-7,9H,8H2,1-3H3,(H,14,15)/t9-/m0/s1. The van der Waals surface area contributed by atoms with E-state index in [0.29, 0.717) is 0 Å². The molecule has 5 nitrogen and oxygen atoms in total. The van der Waals surface area contributed by atoms with Crippen LogP contribution in [0.3, 0.4) is 0 Å². The molecule has 98 valence electrons. The van der Waals surface area contributed by atoms with Gasteiger partial charge in [-0.15, -0.1) is 0 Å². The van der Waals surface area contributed by atoms with Gasteiger partial charge in [-0.3, -0.25) is 4.79 Å². The molecule has 5 heteroatoms. The van der Waals surface area contributed by atoms with Crippen LogP contribution in [0.4, 0.5) is 0 Å². The Morgan fingerprint density at radius 2 is 1.83 bits per heavy atom. The third kappa shape index (κ3) is 4.08. The highest BCUT2D eigenvalue weighted by atomic mass is 16.5. The van der Waals surface area contributed by atoms with Crippen LogP contribution in [0.2, 0.25) is 0 Å². The normalized spacial score (nSPS) is 11.5. The molecule has 0 radical (unpaired) electrons. The Balaban J connectivity index is 2.51. The summed E-state index contributed by atoms with van der Waals surface area (Å²) < 4.78 is 9.55. The largest absolute Gasteiger partial charge is 0.497 e. The highest BCUT2D eigenvalue weighted by Crippen LogP contribution is 2.11. The van der Waals surface area contributed by atoms with Crippen LogP contribution >= 0.6 is 0 Å². The lowest BCUT2D eigenvalue weighted by Crippen LogP contribution is -2.39. The number of esters is 1. The molecular formula is C13H17NO4. The van der Waals surface area contributed by atoms with Gasteiger partial charge in [0.1, 0.15) is 11.8 Å². The Hall–Kier alpha value is -2.04. The number of ether oxygens (including phenoxy) is 2. The predicted octanol–water partition coefficient (Wildman–Crippen LogP) is 0.915. The third-order valence-electron chi connectivity index (χ3n) is 2.46. The molecular weight excluding hydrogens is 234 g/mol. The molecule has 0 heterocycles. The van der Waals surface area contributed by atoms with Gasteiger partial charge < -0.3 is 14.8 Å². The molecule has 0 aliphatic carbocycles. The minimum Gasteiger partial charge on any atom is -0.497 e. The summed E-state index contributed by atoms with van der Waals surface area (Å²) >= 11 is 0. The van der Waals surface area contributed by atoms with Crippen LogP contribution in [-0.4, -0.2) is 32.1 Å². The van der Waals surface area contributed by atoms with E-state index >= 15 is 0 Å². The highest BCUT2D eigenvalue weighted by molar-refractivity contribution is 5.85. The number of hydrogen-bond acceptors (Lipinski definition) is 4. The van der Waals surface area contributed by atoms with E-state index in [0.717, 1.165) is 11.3 Å². The summed E-state index contributed by atoms with van der Waals surface area (Å²) in [6.45, 7) is 1.58. The minimum atomic E-state index is -0.638. The lowest BCUT2D eigenvalue weighted by molar-refractivity contribution is -0.144. The summed E-state index contributed by atoms with van der Waals surface area (Å²) in [5.41, 5.74) is 0.852. The van der Waals surface area contributed by atoms with Crippen molar-refractivity contribution in [2.75, 3.05) is 14.2 Å². The second-order valence-corrected chi connectivity index (χ2v) is 3.84. The maximum Gasteiger partial charge on any atom is 0.328 e. The van der Waals surface area contributed by atoms with E-state index in [-0.39, 0.29) is 12.3 Å². The monoisotopic (exact) mass is 251 g/mol. The minimum absolute atomic E-state index is 0.214. The fourth-order valence-corrected chi connectivity index (χ4v) is 1.46. The van der Waals surface area contributed by atoms with Crippen molar-refractivity contribution in [2.24, 2.45) is 0 Å². The van der Waals surface area contributed by atoms with Crippen LogP contribution < -0.4 is 10.1 Å². The number of carbonyl (C=O) groups is 2. The van der Waals surface area contributed by atoms with Crippen LogP contribution in [0.5, 0.6) is 5.75 Å². The molecule has 0 aliphatic heterocycles. The van der Waals surface area contributed by atoms with Crippen molar-refractivity contribution in [1.82, 2.24) is 5.32 Å². The van der Waals surface area contributed by atoms with Gasteiger partial charge in [-0.25, -0.2) is 4.79 Å². The van der Waals surface area contributed by atoms with Gasteiger partial charge >= 0.3 is 5.97 Å². The van der Waals surface area contributed by atoms with Crippen LogP contribution in [-0.2, 0) is 20.7 Å². The van der Waals surface area contributed by atoms with Crippen molar-refractivity contribution >= 4 is 11.9 Å². The first-order chi connectivity index (χ1) is 8.56. The topological polar surface area (TPSA) is 64.6 Å². The van der Waals surface area contributed by atoms with Crippen molar-refractivity contribution in [1.29, 1.82) is 0 Å². The van der Waals surface area contributed by atoms with E-state index in [1.807, 2.05) is 0 Å². The van der Waals surface area contributed by atoms with Gasteiger partial charge in [0.2, 0.25) is 5.91 Å². The average Bonchev–Trinajstić information content (AvgIpc) is 2.38. The van der Waals surface area contributed by atoms with Crippen molar-refractivity contribution < 1.29 is 19.1 Å². The Bertz CT molecular complexity index is 414. The number of nitrogens with one attached hydrogen (secondary N) is 1. The summed E-state index contributed by atoms with van der Waals surface area (Å²) in [6, 6.07) is 6.54. The van der Waals surface area contributed by atoms with E-state index in [1.165, 1.54) is 7.11 Å². The zero-order valence-electron chi connectivity index (χ0n) is 10.7. The number of rotatable bonds is 5. The van der Waals surface area contributed by atoms with Crippen LogP contribution in [0.25, 0.3) is 0 Å². The second kappa shape index (κ2) is 6.64. The van der Waals surface area contributed by atoms with Gasteiger partial charge in [-0.05, 0) is 24.6 Å². The van der Waals surface area contributed by atoms with Gasteiger partial charge in [-0.2, -0.15) is 0 Å². The lowest BCUT2D eigenvalue weighted by atomic mass is 10.1. The summed E-state index contributed by atoms with van der Waals surface area (Å²) in [7, 11) is 2.87. The molecule has 0 unspecified atom stereocenters. The molecule has 0 fully saturated rings. The van der Waals surface area contributed by atoms with Gasteiger partial charge in [0.15, 0.2) is 0 Å². The average molecular weight is 251 g/mol. The van der Waals surface area contributed by atoms with Gasteiger partial charge in [-0.1, -0.05) is 12.1 Å². The van der Waals surface area contributed by atoms with Gasteiger partial charge in [0.25, 0.3) is 0 Å². The van der Waals surface area contributed by atoms with Crippen molar-refractivity contribution in [3.63, 3.8) is 0 Å². The third-order valence-corrected chi connectivity index (χ3v) is 2.46. The Morgan fingerprint density at radius 1 is 1.22 bits per heavy atom. The van der Waals surface area contributed by atoms with Crippen molar-refractivity contribution in [2.45, 2.75) is 19.4 Å². The van der Waals surface area contributed by atoms with E-state index in [9.17, 15) is 9.59 Å². The van der Waals surface area contributed by atoms with Crippen molar-refractivity contribution in [3.05, 3.63) is 29.8 Å². The maximum absolute atomic E-state index is 11.6. The molecule has 1 N–H and O–H groups in total. The van der Waals surface area contributed by atoms with E-state index in [4.69, 9.17) is 4.74 Å². The maximum atomic E-state index is 11.6. The zero-order chi connectivity index (χ0) is 13.5. The van der Waals surface area contributed by atoms with Gasteiger partial charge in [0, 0.05) is 0 Å². The molecule has 1 rings (SSSR count). The van der Waals surface area contributed by atoms with E-state index < -0.39 is 12.0 Å². The molecule has 0 saturated carbocycles. The Morgan fingerprint density at radius 3 is 2.33 bits per heavy atom. The van der Waals surface area contributed by atoms with E-state index in [2.05, 4.69) is 10.1 Å². The SMILES string of the molecule is COC(=O)[C@H](C)NC(=O)Cc1ccc(OC)cc1. The van der Waals surface area contributed by atoms with Gasteiger partial charge in [0.05, 0.1) is 20.6 Å². The summed E-state index contributed by atoms with van der Waals surface area (Å²) in [6.07, 6.45) is 0.214. The lowest BCUT2D eigenvalue weighted by Gasteiger charge is -2.11. The van der Waals surface area contributed by atoms with E-state index in [1.54, 1.807) is 38.3 Å². The number of carbonyl (C=O) groups excluding carboxylic acids is 2. The number of hydrogen-bond donors (Lipinski definition) is 1. The molecule has 1 amide bonds. The highest BCUT2D eigenvalue weighted by Gasteiger charge is 2.15. The summed E-state index contributed by atoms with van der Waals surface area (Å²) in [4.78, 5) is 22.8.